The maximum absolute atomic E-state index is 13.4. The van der Waals surface area contributed by atoms with Crippen LogP contribution in [0.5, 0.6) is 0 Å². The number of aliphatic hydroxyl groups excluding tert-OH is 1. The molecule has 1 aromatic carbocycles. The number of alkyl halides is 3. The zero-order valence-corrected chi connectivity index (χ0v) is 14.1. The minimum atomic E-state index is -4.44. The number of aromatic nitrogens is 2. The van der Waals surface area contributed by atoms with Gasteiger partial charge >= 0.3 is 6.18 Å². The van der Waals surface area contributed by atoms with E-state index in [9.17, 15) is 23.2 Å². The number of nitrogens with one attached hydrogen (secondary N) is 1. The lowest BCUT2D eigenvalue weighted by Gasteiger charge is -2.40. The van der Waals surface area contributed by atoms with Gasteiger partial charge in [-0.25, -0.2) is 0 Å². The Kier molecular flexibility index (Phi) is 5.14. The van der Waals surface area contributed by atoms with Crippen molar-refractivity contribution in [1.82, 2.24) is 15.3 Å². The van der Waals surface area contributed by atoms with Crippen LogP contribution in [-0.2, 0) is 4.79 Å². The van der Waals surface area contributed by atoms with Crippen molar-refractivity contribution >= 4 is 22.6 Å². The molecule has 1 aliphatic rings. The number of hydrogen-bond acceptors (Lipinski definition) is 6. The van der Waals surface area contributed by atoms with E-state index in [1.165, 1.54) is 23.4 Å². The zero-order valence-electron chi connectivity index (χ0n) is 14.1. The van der Waals surface area contributed by atoms with Gasteiger partial charge in [0.15, 0.2) is 0 Å². The van der Waals surface area contributed by atoms with Crippen LogP contribution in [0.2, 0.25) is 0 Å². The monoisotopic (exact) mass is 379 g/mol. The number of halogens is 3. The molecule has 0 aliphatic carbocycles. The summed E-state index contributed by atoms with van der Waals surface area (Å²) in [7, 11) is 0. The summed E-state index contributed by atoms with van der Waals surface area (Å²) in [6, 6.07) is 4.24. The molecule has 2 atom stereocenters. The predicted molar refractivity (Wildman–Crippen MR) is 89.6 cm³/mol. The zero-order chi connectivity index (χ0) is 19.6. The smallest absolute Gasteiger partial charge is 0.387 e. The fourth-order valence-corrected chi connectivity index (χ4v) is 3.30. The average molecular weight is 379 g/mol. The van der Waals surface area contributed by atoms with Crippen molar-refractivity contribution in [2.45, 2.75) is 18.6 Å². The summed E-state index contributed by atoms with van der Waals surface area (Å²) in [6.45, 7) is -0.971. The third-order valence-electron chi connectivity index (χ3n) is 4.49. The fourth-order valence-electron chi connectivity index (χ4n) is 3.30. The first-order valence-corrected chi connectivity index (χ1v) is 8.19. The molecule has 2 aromatic rings. The maximum Gasteiger partial charge on any atom is 0.393 e. The molecule has 2 N–H and O–H groups in total. The summed E-state index contributed by atoms with van der Waals surface area (Å²) in [5, 5.41) is 20.5. The van der Waals surface area contributed by atoms with Crippen LogP contribution in [0, 0.1) is 17.2 Å². The number of carbonyl (C=O) groups is 1. The molecule has 1 amide bonds. The first-order valence-electron chi connectivity index (χ1n) is 8.19. The Morgan fingerprint density at radius 3 is 2.63 bits per heavy atom. The molecule has 1 unspecified atom stereocenters. The molecule has 1 fully saturated rings. The number of amides is 1. The van der Waals surface area contributed by atoms with Crippen molar-refractivity contribution in [2.24, 2.45) is 5.92 Å². The van der Waals surface area contributed by atoms with E-state index in [1.54, 1.807) is 6.07 Å². The minimum absolute atomic E-state index is 0.121. The molecule has 1 aliphatic heterocycles. The van der Waals surface area contributed by atoms with E-state index in [0.717, 1.165) is 0 Å². The molecule has 10 heteroatoms. The highest BCUT2D eigenvalue weighted by Crippen LogP contribution is 2.36. The minimum Gasteiger partial charge on any atom is -0.387 e. The van der Waals surface area contributed by atoms with Crippen molar-refractivity contribution < 1.29 is 23.1 Å². The number of hydrogen-bond donors (Lipinski definition) is 2. The molecule has 1 saturated heterocycles. The van der Waals surface area contributed by atoms with Gasteiger partial charge < -0.3 is 15.3 Å². The van der Waals surface area contributed by atoms with Crippen LogP contribution in [-0.4, -0.2) is 52.9 Å². The summed E-state index contributed by atoms with van der Waals surface area (Å²) >= 11 is 0. The summed E-state index contributed by atoms with van der Waals surface area (Å²) in [4.78, 5) is 21.3. The lowest BCUT2D eigenvalue weighted by molar-refractivity contribution is -0.178. The largest absolute Gasteiger partial charge is 0.393 e. The third kappa shape index (κ3) is 3.93. The third-order valence-corrected chi connectivity index (χ3v) is 4.49. The highest BCUT2D eigenvalue weighted by molar-refractivity contribution is 5.92. The van der Waals surface area contributed by atoms with Gasteiger partial charge in [-0.2, -0.15) is 18.4 Å². The molecule has 142 valence electrons. The van der Waals surface area contributed by atoms with Crippen LogP contribution >= 0.6 is 0 Å². The van der Waals surface area contributed by atoms with Gasteiger partial charge in [-0.05, 0) is 18.6 Å². The number of aliphatic hydroxyl groups is 1. The van der Waals surface area contributed by atoms with E-state index in [4.69, 9.17) is 5.11 Å². The van der Waals surface area contributed by atoms with Crippen molar-refractivity contribution in [3.05, 3.63) is 30.1 Å². The molecule has 0 saturated carbocycles. The molecule has 0 radical (unpaired) electrons. The SMILES string of the molecule is N#Cc1ccc(N2CC(C(F)(F)F)C[C@@H](NC(=O)CO)C2)c2nccnc12. The molecular weight excluding hydrogens is 363 g/mol. The molecule has 27 heavy (non-hydrogen) atoms. The van der Waals surface area contributed by atoms with E-state index in [0.29, 0.717) is 16.7 Å². The van der Waals surface area contributed by atoms with Gasteiger partial charge in [0.1, 0.15) is 23.7 Å². The Morgan fingerprint density at radius 1 is 1.30 bits per heavy atom. The van der Waals surface area contributed by atoms with Crippen LogP contribution in [0.25, 0.3) is 11.0 Å². The predicted octanol–water partition coefficient (Wildman–Crippen LogP) is 1.37. The van der Waals surface area contributed by atoms with Crippen molar-refractivity contribution in [3.8, 4) is 6.07 Å². The number of benzene rings is 1. The molecule has 7 nitrogen and oxygen atoms in total. The number of piperidine rings is 1. The van der Waals surface area contributed by atoms with Gasteiger partial charge in [0.25, 0.3) is 0 Å². The van der Waals surface area contributed by atoms with E-state index < -0.39 is 30.7 Å². The van der Waals surface area contributed by atoms with Crippen LogP contribution in [0.3, 0.4) is 0 Å². The van der Waals surface area contributed by atoms with Gasteiger partial charge in [0.2, 0.25) is 5.91 Å². The first kappa shape index (κ1) is 18.8. The number of fused-ring (bicyclic) bond motifs is 1. The molecule has 2 heterocycles. The lowest BCUT2D eigenvalue weighted by Crippen LogP contribution is -2.54. The highest BCUT2D eigenvalue weighted by atomic mass is 19.4. The van der Waals surface area contributed by atoms with E-state index in [-0.39, 0.29) is 25.1 Å². The highest BCUT2D eigenvalue weighted by Gasteiger charge is 2.45. The Bertz CT molecular complexity index is 896. The maximum atomic E-state index is 13.4. The quantitative estimate of drug-likeness (QED) is 0.835. The Labute approximate surface area is 152 Å². The van der Waals surface area contributed by atoms with E-state index >= 15 is 0 Å². The normalized spacial score (nSPS) is 20.3. The number of rotatable bonds is 3. The van der Waals surface area contributed by atoms with Crippen molar-refractivity contribution in [3.63, 3.8) is 0 Å². The van der Waals surface area contributed by atoms with Gasteiger partial charge in [-0.3, -0.25) is 14.8 Å². The van der Waals surface area contributed by atoms with Crippen LogP contribution in [0.15, 0.2) is 24.5 Å². The summed E-state index contributed by atoms with van der Waals surface area (Å²) < 4.78 is 40.2. The van der Waals surface area contributed by atoms with Gasteiger partial charge in [-0.1, -0.05) is 0 Å². The summed E-state index contributed by atoms with van der Waals surface area (Å²) in [6.07, 6.45) is -1.89. The van der Waals surface area contributed by atoms with Crippen LogP contribution < -0.4 is 10.2 Å². The number of carbonyl (C=O) groups excluding carboxylic acids is 1. The first-order chi connectivity index (χ1) is 12.8. The average Bonchev–Trinajstić information content (AvgIpc) is 2.66. The van der Waals surface area contributed by atoms with Crippen molar-refractivity contribution in [2.75, 3.05) is 24.6 Å². The number of nitrogens with zero attached hydrogens (tertiary/aromatic N) is 4. The second kappa shape index (κ2) is 7.36. The Morgan fingerprint density at radius 2 is 2.00 bits per heavy atom. The van der Waals surface area contributed by atoms with Gasteiger partial charge in [0, 0.05) is 31.5 Å². The molecule has 3 rings (SSSR count). The molecule has 0 bridgehead atoms. The molecule has 1 aromatic heterocycles. The second-order valence-electron chi connectivity index (χ2n) is 6.30. The van der Waals surface area contributed by atoms with E-state index in [1.807, 2.05) is 6.07 Å². The summed E-state index contributed by atoms with van der Waals surface area (Å²) in [5.74, 6) is -2.38. The fraction of sp³-hybridized carbons (Fsp3) is 0.412. The summed E-state index contributed by atoms with van der Waals surface area (Å²) in [5.41, 5.74) is 1.32. The van der Waals surface area contributed by atoms with Gasteiger partial charge in [-0.15, -0.1) is 0 Å². The van der Waals surface area contributed by atoms with Crippen molar-refractivity contribution in [1.29, 1.82) is 5.26 Å². The molecular formula is C17H16F3N5O2. The standard InChI is InChI=1S/C17H16F3N5O2/c18-17(19,20)11-5-12(24-14(27)9-26)8-25(7-11)13-2-1-10(6-21)15-16(13)23-4-3-22-15/h1-4,11-12,26H,5,7-9H2,(H,24,27)/t11?,12-/m1/s1. The topological polar surface area (TPSA) is 102 Å². The Balaban J connectivity index is 2.00. The van der Waals surface area contributed by atoms with Crippen LogP contribution in [0.4, 0.5) is 18.9 Å². The van der Waals surface area contributed by atoms with Crippen LogP contribution in [0.1, 0.15) is 12.0 Å². The molecule has 0 spiro atoms. The number of anilines is 1. The van der Waals surface area contributed by atoms with Gasteiger partial charge in [0.05, 0.1) is 17.2 Å². The lowest BCUT2D eigenvalue weighted by atomic mass is 9.92. The van der Waals surface area contributed by atoms with E-state index in [2.05, 4.69) is 15.3 Å². The number of nitriles is 1. The second-order valence-corrected chi connectivity index (χ2v) is 6.30. The Hall–Kier alpha value is -2.93.